The van der Waals surface area contributed by atoms with Crippen LogP contribution >= 0.6 is 0 Å². The number of benzene rings is 1. The van der Waals surface area contributed by atoms with Crippen LogP contribution in [0.4, 0.5) is 20.3 Å². The number of nitrogens with zero attached hydrogens (tertiary/aromatic N) is 3. The molecule has 1 atom stereocenters. The minimum atomic E-state index is -3.04. The SMILES string of the molecule is CN(c1cnc(C(=O)Nc2c(F)cccc2F)cn1)C1CCS(=O)(=O)C1. The number of hydrogen-bond donors (Lipinski definition) is 1. The quantitative estimate of drug-likeness (QED) is 0.864. The molecule has 26 heavy (non-hydrogen) atoms. The zero-order chi connectivity index (χ0) is 18.9. The van der Waals surface area contributed by atoms with Gasteiger partial charge in [-0.25, -0.2) is 27.2 Å². The Bertz CT molecular complexity index is 915. The van der Waals surface area contributed by atoms with Crippen LogP contribution in [-0.4, -0.2) is 48.9 Å². The molecule has 7 nitrogen and oxygen atoms in total. The van der Waals surface area contributed by atoms with E-state index in [1.165, 1.54) is 18.5 Å². The van der Waals surface area contributed by atoms with Crippen LogP contribution in [0.25, 0.3) is 0 Å². The van der Waals surface area contributed by atoms with Gasteiger partial charge in [-0.3, -0.25) is 4.79 Å². The molecule has 1 aliphatic rings. The van der Waals surface area contributed by atoms with E-state index in [-0.39, 0.29) is 23.2 Å². The van der Waals surface area contributed by atoms with Crippen molar-refractivity contribution in [2.45, 2.75) is 12.5 Å². The zero-order valence-corrected chi connectivity index (χ0v) is 14.6. The number of hydrogen-bond acceptors (Lipinski definition) is 6. The molecule has 3 rings (SSSR count). The fourth-order valence-corrected chi connectivity index (χ4v) is 4.46. The normalized spacial score (nSPS) is 18.5. The molecule has 1 fully saturated rings. The van der Waals surface area contributed by atoms with Gasteiger partial charge < -0.3 is 10.2 Å². The third-order valence-electron chi connectivity index (χ3n) is 4.19. The summed E-state index contributed by atoms with van der Waals surface area (Å²) in [6, 6.07) is 3.03. The highest BCUT2D eigenvalue weighted by Crippen LogP contribution is 2.21. The Morgan fingerprint density at radius 1 is 1.23 bits per heavy atom. The van der Waals surface area contributed by atoms with Gasteiger partial charge in [0.1, 0.15) is 28.8 Å². The Morgan fingerprint density at radius 3 is 2.46 bits per heavy atom. The summed E-state index contributed by atoms with van der Waals surface area (Å²) in [6.07, 6.45) is 2.98. The van der Waals surface area contributed by atoms with E-state index in [1.54, 1.807) is 11.9 Å². The standard InChI is InChI=1S/C16H16F2N4O3S/c1-22(10-5-6-26(24,25)9-10)14-8-19-13(7-20-14)16(23)21-15-11(17)3-2-4-12(15)18/h2-4,7-8,10H,5-6,9H2,1H3,(H,21,23). The lowest BCUT2D eigenvalue weighted by Crippen LogP contribution is -2.33. The van der Waals surface area contributed by atoms with Crippen molar-refractivity contribution in [2.24, 2.45) is 0 Å². The molecule has 138 valence electrons. The van der Waals surface area contributed by atoms with Crippen molar-refractivity contribution >= 4 is 27.2 Å². The highest BCUT2D eigenvalue weighted by atomic mass is 32.2. The van der Waals surface area contributed by atoms with Crippen LogP contribution < -0.4 is 10.2 Å². The Morgan fingerprint density at radius 2 is 1.92 bits per heavy atom. The lowest BCUT2D eigenvalue weighted by atomic mass is 10.2. The van der Waals surface area contributed by atoms with E-state index in [9.17, 15) is 22.0 Å². The fourth-order valence-electron chi connectivity index (χ4n) is 2.68. The molecule has 1 amide bonds. The van der Waals surface area contributed by atoms with Gasteiger partial charge in [0, 0.05) is 13.1 Å². The van der Waals surface area contributed by atoms with Gasteiger partial charge in [-0.1, -0.05) is 6.07 Å². The van der Waals surface area contributed by atoms with Gasteiger partial charge in [-0.15, -0.1) is 0 Å². The van der Waals surface area contributed by atoms with E-state index < -0.39 is 33.1 Å². The first kappa shape index (κ1) is 18.2. The highest BCUT2D eigenvalue weighted by molar-refractivity contribution is 7.91. The van der Waals surface area contributed by atoms with Gasteiger partial charge in [-0.2, -0.15) is 0 Å². The molecule has 0 saturated carbocycles. The van der Waals surface area contributed by atoms with Crippen LogP contribution in [-0.2, 0) is 9.84 Å². The lowest BCUT2D eigenvalue weighted by Gasteiger charge is -2.24. The third-order valence-corrected chi connectivity index (χ3v) is 5.94. The number of para-hydroxylation sites is 1. The molecule has 2 heterocycles. The summed E-state index contributed by atoms with van der Waals surface area (Å²) in [5.41, 5.74) is -0.680. The van der Waals surface area contributed by atoms with Crippen molar-refractivity contribution in [2.75, 3.05) is 28.8 Å². The first-order chi connectivity index (χ1) is 12.3. The fraction of sp³-hybridized carbons (Fsp3) is 0.312. The molecule has 1 saturated heterocycles. The molecule has 10 heteroatoms. The van der Waals surface area contributed by atoms with E-state index in [0.29, 0.717) is 12.2 Å². The molecule has 1 unspecified atom stereocenters. The van der Waals surface area contributed by atoms with Gasteiger partial charge in [0.05, 0.1) is 23.9 Å². The third kappa shape index (κ3) is 3.79. The Labute approximate surface area is 149 Å². The summed E-state index contributed by atoms with van der Waals surface area (Å²) in [7, 11) is -1.34. The average molecular weight is 382 g/mol. The molecule has 0 radical (unpaired) electrons. The summed E-state index contributed by atoms with van der Waals surface area (Å²) >= 11 is 0. The van der Waals surface area contributed by atoms with Crippen molar-refractivity contribution in [3.8, 4) is 0 Å². The second kappa shape index (κ2) is 6.94. The van der Waals surface area contributed by atoms with Crippen molar-refractivity contribution in [1.82, 2.24) is 9.97 Å². The lowest BCUT2D eigenvalue weighted by molar-refractivity contribution is 0.102. The predicted octanol–water partition coefficient (Wildman–Crippen LogP) is 1.63. The van der Waals surface area contributed by atoms with Crippen LogP contribution in [0.1, 0.15) is 16.9 Å². The summed E-state index contributed by atoms with van der Waals surface area (Å²) in [5, 5.41) is 2.12. The Balaban J connectivity index is 1.72. The molecule has 0 aliphatic carbocycles. The topological polar surface area (TPSA) is 92.3 Å². The molecular formula is C16H16F2N4O3S. The van der Waals surface area contributed by atoms with Gasteiger partial charge in [-0.05, 0) is 18.6 Å². The number of halogens is 2. The van der Waals surface area contributed by atoms with E-state index in [1.807, 2.05) is 0 Å². The number of carbonyl (C=O) groups excluding carboxylic acids is 1. The van der Waals surface area contributed by atoms with Crippen LogP contribution in [0.2, 0.25) is 0 Å². The maximum atomic E-state index is 13.6. The molecule has 1 aliphatic heterocycles. The minimum absolute atomic E-state index is 0.0416. The van der Waals surface area contributed by atoms with E-state index in [0.717, 1.165) is 12.1 Å². The maximum Gasteiger partial charge on any atom is 0.276 e. The summed E-state index contributed by atoms with van der Waals surface area (Å²) in [4.78, 5) is 21.8. The Hall–Kier alpha value is -2.62. The maximum absolute atomic E-state index is 13.6. The summed E-state index contributed by atoms with van der Waals surface area (Å²) < 4.78 is 50.3. The largest absolute Gasteiger partial charge is 0.354 e. The van der Waals surface area contributed by atoms with E-state index in [2.05, 4.69) is 15.3 Å². The molecular weight excluding hydrogens is 366 g/mol. The number of sulfone groups is 1. The zero-order valence-electron chi connectivity index (χ0n) is 13.8. The van der Waals surface area contributed by atoms with Crippen LogP contribution in [0.15, 0.2) is 30.6 Å². The highest BCUT2D eigenvalue weighted by Gasteiger charge is 2.31. The summed E-state index contributed by atoms with van der Waals surface area (Å²) in [6.45, 7) is 0. The van der Waals surface area contributed by atoms with Crippen LogP contribution in [0.3, 0.4) is 0 Å². The minimum Gasteiger partial charge on any atom is -0.354 e. The number of carbonyl (C=O) groups is 1. The first-order valence-electron chi connectivity index (χ1n) is 7.77. The molecule has 1 aromatic carbocycles. The second-order valence-electron chi connectivity index (χ2n) is 5.98. The van der Waals surface area contributed by atoms with Gasteiger partial charge in [0.15, 0.2) is 9.84 Å². The molecule has 1 aromatic heterocycles. The number of rotatable bonds is 4. The second-order valence-corrected chi connectivity index (χ2v) is 8.21. The van der Waals surface area contributed by atoms with Crippen molar-refractivity contribution in [3.05, 3.63) is 47.9 Å². The van der Waals surface area contributed by atoms with E-state index >= 15 is 0 Å². The van der Waals surface area contributed by atoms with Gasteiger partial charge >= 0.3 is 0 Å². The monoisotopic (exact) mass is 382 g/mol. The predicted molar refractivity (Wildman–Crippen MR) is 91.8 cm³/mol. The van der Waals surface area contributed by atoms with Gasteiger partial charge in [0.2, 0.25) is 0 Å². The molecule has 1 N–H and O–H groups in total. The number of aromatic nitrogens is 2. The van der Waals surface area contributed by atoms with Crippen molar-refractivity contribution < 1.29 is 22.0 Å². The average Bonchev–Trinajstić information content (AvgIpc) is 2.97. The van der Waals surface area contributed by atoms with Crippen LogP contribution in [0, 0.1) is 11.6 Å². The smallest absolute Gasteiger partial charge is 0.276 e. The number of anilines is 2. The van der Waals surface area contributed by atoms with Crippen LogP contribution in [0.5, 0.6) is 0 Å². The molecule has 0 spiro atoms. The van der Waals surface area contributed by atoms with Gasteiger partial charge in [0.25, 0.3) is 5.91 Å². The number of nitrogens with one attached hydrogen (secondary N) is 1. The van der Waals surface area contributed by atoms with E-state index in [4.69, 9.17) is 0 Å². The summed E-state index contributed by atoms with van der Waals surface area (Å²) in [5.74, 6) is -2.03. The number of amides is 1. The van der Waals surface area contributed by atoms with Crippen molar-refractivity contribution in [3.63, 3.8) is 0 Å². The Kier molecular flexibility index (Phi) is 4.86. The molecule has 2 aromatic rings. The molecule has 0 bridgehead atoms. The van der Waals surface area contributed by atoms with Crippen molar-refractivity contribution in [1.29, 1.82) is 0 Å². The first-order valence-corrected chi connectivity index (χ1v) is 9.59.